The molecule has 8 heteroatoms. The molecule has 2 aliphatic heterocycles. The number of para-hydroxylation sites is 2. The second kappa shape index (κ2) is 10.0. The van der Waals surface area contributed by atoms with Crippen molar-refractivity contribution in [1.82, 2.24) is 10.2 Å². The Morgan fingerprint density at radius 3 is 2.77 bits per heavy atom. The van der Waals surface area contributed by atoms with E-state index in [1.807, 2.05) is 18.2 Å². The summed E-state index contributed by atoms with van der Waals surface area (Å²) in [6.45, 7) is 4.14. The van der Waals surface area contributed by atoms with Crippen LogP contribution < -0.4 is 10.6 Å². The van der Waals surface area contributed by atoms with Crippen LogP contribution >= 0.6 is 0 Å². The molecule has 1 aromatic carbocycles. The highest BCUT2D eigenvalue weighted by Gasteiger charge is 2.27. The third-order valence-corrected chi connectivity index (χ3v) is 5.06. The minimum absolute atomic E-state index is 0.0167. The molecule has 0 aliphatic carbocycles. The van der Waals surface area contributed by atoms with E-state index >= 15 is 0 Å². The summed E-state index contributed by atoms with van der Waals surface area (Å²) in [5.41, 5.74) is 2.01. The highest BCUT2D eigenvalue weighted by molar-refractivity contribution is 6.24. The number of hydrogen-bond donors (Lipinski definition) is 2. The molecule has 2 N–H and O–H groups in total. The number of carbonyl (C=O) groups is 3. The second-order valence-electron chi connectivity index (χ2n) is 7.35. The van der Waals surface area contributed by atoms with Gasteiger partial charge in [0.15, 0.2) is 0 Å². The normalized spacial score (nSPS) is 17.1. The van der Waals surface area contributed by atoms with Gasteiger partial charge in [-0.05, 0) is 38.8 Å². The van der Waals surface area contributed by atoms with Crippen molar-refractivity contribution in [1.29, 1.82) is 0 Å². The molecule has 0 unspecified atom stereocenters. The highest BCUT2D eigenvalue weighted by atomic mass is 16.5. The molecule has 2 heterocycles. The Bertz CT molecular complexity index is 891. The maximum Gasteiger partial charge on any atom is 0.343 e. The summed E-state index contributed by atoms with van der Waals surface area (Å²) in [5, 5.41) is 5.91. The number of fused-ring (bicyclic) bond motifs is 1. The van der Waals surface area contributed by atoms with Gasteiger partial charge in [0.2, 0.25) is 11.8 Å². The van der Waals surface area contributed by atoms with Crippen molar-refractivity contribution in [3.8, 4) is 0 Å². The molecule has 2 amide bonds. The second-order valence-corrected chi connectivity index (χ2v) is 7.35. The number of nitrogens with one attached hydrogen (secondary N) is 2. The zero-order chi connectivity index (χ0) is 21.5. The van der Waals surface area contributed by atoms with E-state index in [0.717, 1.165) is 31.4 Å². The van der Waals surface area contributed by atoms with E-state index in [0.29, 0.717) is 24.4 Å². The monoisotopic (exact) mass is 412 g/mol. The predicted molar refractivity (Wildman–Crippen MR) is 114 cm³/mol. The molecule has 0 spiro atoms. The van der Waals surface area contributed by atoms with E-state index in [1.165, 1.54) is 0 Å². The number of anilines is 1. The van der Waals surface area contributed by atoms with E-state index in [4.69, 9.17) is 4.74 Å². The highest BCUT2D eigenvalue weighted by Crippen LogP contribution is 2.30. The number of likely N-dealkylation sites (tertiary alicyclic amines) is 1. The molecule has 1 saturated heterocycles. The molecule has 2 aliphatic rings. The van der Waals surface area contributed by atoms with Crippen molar-refractivity contribution in [2.24, 2.45) is 4.99 Å². The lowest BCUT2D eigenvalue weighted by atomic mass is 10.1. The largest absolute Gasteiger partial charge is 0.462 e. The summed E-state index contributed by atoms with van der Waals surface area (Å²) in [5.74, 6) is -0.863. The summed E-state index contributed by atoms with van der Waals surface area (Å²) in [6.07, 6.45) is 4.28. The topological polar surface area (TPSA) is 100 Å². The van der Waals surface area contributed by atoms with Crippen LogP contribution in [0.4, 0.5) is 11.4 Å². The fourth-order valence-electron chi connectivity index (χ4n) is 3.57. The Hall–Kier alpha value is -3.16. The zero-order valence-corrected chi connectivity index (χ0v) is 17.5. The van der Waals surface area contributed by atoms with Gasteiger partial charge in [-0.15, -0.1) is 0 Å². The molecular formula is C22H28N4O4. The van der Waals surface area contributed by atoms with Crippen LogP contribution in [0.25, 0.3) is 0 Å². The third kappa shape index (κ3) is 5.25. The summed E-state index contributed by atoms with van der Waals surface area (Å²) in [7, 11) is 0. The molecule has 160 valence electrons. The number of esters is 1. The van der Waals surface area contributed by atoms with E-state index in [9.17, 15) is 14.4 Å². The van der Waals surface area contributed by atoms with E-state index in [-0.39, 0.29) is 30.5 Å². The molecular weight excluding hydrogens is 384 g/mol. The van der Waals surface area contributed by atoms with Crippen LogP contribution in [0.2, 0.25) is 0 Å². The molecule has 0 atom stereocenters. The lowest BCUT2D eigenvalue weighted by molar-refractivity contribution is -0.138. The average molecular weight is 412 g/mol. The maximum absolute atomic E-state index is 12.8. The standard InChI is InChI=1S/C22H28N4O4/c1-3-30-22(29)20-15(2)23-16-10-7-8-11-17(16)24-21(20)25-18(27)14-26-13-9-5-4-6-12-19(26)28/h7-8,10-11,23H,3-6,9,12-14H2,1-2H3,(H,24,25,27). The van der Waals surface area contributed by atoms with Crippen LogP contribution in [0.5, 0.6) is 0 Å². The Morgan fingerprint density at radius 1 is 1.20 bits per heavy atom. The number of amides is 2. The van der Waals surface area contributed by atoms with Gasteiger partial charge < -0.3 is 20.3 Å². The van der Waals surface area contributed by atoms with Gasteiger partial charge in [0, 0.05) is 18.7 Å². The number of carbonyl (C=O) groups excluding carboxylic acids is 3. The molecule has 1 aromatic rings. The van der Waals surface area contributed by atoms with Gasteiger partial charge in [-0.25, -0.2) is 9.79 Å². The number of nitrogens with zero attached hydrogens (tertiary/aromatic N) is 2. The van der Waals surface area contributed by atoms with Crippen LogP contribution in [0.3, 0.4) is 0 Å². The molecule has 30 heavy (non-hydrogen) atoms. The predicted octanol–water partition coefficient (Wildman–Crippen LogP) is 2.89. The summed E-state index contributed by atoms with van der Waals surface area (Å²) >= 11 is 0. The van der Waals surface area contributed by atoms with Crippen molar-refractivity contribution < 1.29 is 19.1 Å². The van der Waals surface area contributed by atoms with Crippen LogP contribution in [0.15, 0.2) is 40.5 Å². The SMILES string of the molecule is CCOC(=O)C1=C(C)Nc2ccccc2N=C1NC(=O)CN1CCCCCCC1=O. The van der Waals surface area contributed by atoms with Gasteiger partial charge in [0.1, 0.15) is 11.4 Å². The van der Waals surface area contributed by atoms with Crippen LogP contribution in [-0.4, -0.2) is 48.2 Å². The third-order valence-electron chi connectivity index (χ3n) is 5.06. The zero-order valence-electron chi connectivity index (χ0n) is 17.5. The van der Waals surface area contributed by atoms with Crippen molar-refractivity contribution in [3.63, 3.8) is 0 Å². The van der Waals surface area contributed by atoms with E-state index in [2.05, 4.69) is 15.6 Å². The number of benzene rings is 1. The Balaban J connectivity index is 1.85. The molecule has 0 aromatic heterocycles. The first-order chi connectivity index (χ1) is 14.5. The molecule has 0 saturated carbocycles. The fourth-order valence-corrected chi connectivity index (χ4v) is 3.57. The van der Waals surface area contributed by atoms with Crippen molar-refractivity contribution >= 4 is 35.0 Å². The van der Waals surface area contributed by atoms with Gasteiger partial charge in [0.05, 0.1) is 24.5 Å². The fraction of sp³-hybridized carbons (Fsp3) is 0.455. The number of rotatable bonds is 4. The Labute approximate surface area is 176 Å². The smallest absolute Gasteiger partial charge is 0.343 e. The molecule has 3 rings (SSSR count). The number of aliphatic imine (C=N–C) groups is 1. The van der Waals surface area contributed by atoms with Gasteiger partial charge >= 0.3 is 5.97 Å². The number of hydrogen-bond acceptors (Lipinski definition) is 6. The Morgan fingerprint density at radius 2 is 1.97 bits per heavy atom. The number of ether oxygens (including phenoxy) is 1. The molecule has 1 fully saturated rings. The van der Waals surface area contributed by atoms with Gasteiger partial charge in [-0.3, -0.25) is 9.59 Å². The lowest BCUT2D eigenvalue weighted by Crippen LogP contribution is -2.44. The van der Waals surface area contributed by atoms with Crippen molar-refractivity contribution in [2.45, 2.75) is 46.0 Å². The first kappa shape index (κ1) is 21.5. The minimum Gasteiger partial charge on any atom is -0.462 e. The van der Waals surface area contributed by atoms with Gasteiger partial charge in [-0.2, -0.15) is 0 Å². The minimum atomic E-state index is -0.573. The average Bonchev–Trinajstić information content (AvgIpc) is 2.83. The van der Waals surface area contributed by atoms with Crippen LogP contribution in [0.1, 0.15) is 46.0 Å². The lowest BCUT2D eigenvalue weighted by Gasteiger charge is -2.24. The van der Waals surface area contributed by atoms with Crippen molar-refractivity contribution in [2.75, 3.05) is 25.0 Å². The summed E-state index contributed by atoms with van der Waals surface area (Å²) in [4.78, 5) is 43.9. The first-order valence-electron chi connectivity index (χ1n) is 10.4. The van der Waals surface area contributed by atoms with Crippen LogP contribution in [0, 0.1) is 0 Å². The number of amidine groups is 1. The molecule has 0 radical (unpaired) electrons. The Kier molecular flexibility index (Phi) is 7.21. The van der Waals surface area contributed by atoms with E-state index in [1.54, 1.807) is 24.8 Å². The quantitative estimate of drug-likeness (QED) is 0.741. The maximum atomic E-state index is 12.8. The first-order valence-corrected chi connectivity index (χ1v) is 10.4. The number of allylic oxidation sites excluding steroid dienone is 1. The summed E-state index contributed by atoms with van der Waals surface area (Å²) < 4.78 is 5.18. The van der Waals surface area contributed by atoms with Gasteiger partial charge in [0.25, 0.3) is 0 Å². The van der Waals surface area contributed by atoms with Crippen molar-refractivity contribution in [3.05, 3.63) is 35.5 Å². The van der Waals surface area contributed by atoms with Crippen LogP contribution in [-0.2, 0) is 19.1 Å². The molecule has 8 nitrogen and oxygen atoms in total. The van der Waals surface area contributed by atoms with Gasteiger partial charge in [-0.1, -0.05) is 25.0 Å². The summed E-state index contributed by atoms with van der Waals surface area (Å²) in [6, 6.07) is 7.31. The van der Waals surface area contributed by atoms with E-state index < -0.39 is 11.9 Å². The molecule has 0 bridgehead atoms.